The van der Waals surface area contributed by atoms with Gasteiger partial charge in [-0.3, -0.25) is 0 Å². The van der Waals surface area contributed by atoms with Crippen LogP contribution in [0.5, 0.6) is 5.75 Å². The first-order chi connectivity index (χ1) is 8.04. The average molecular weight is 239 g/mol. The van der Waals surface area contributed by atoms with E-state index < -0.39 is 5.60 Å². The van der Waals surface area contributed by atoms with Crippen molar-refractivity contribution in [3.63, 3.8) is 0 Å². The van der Waals surface area contributed by atoms with E-state index in [4.69, 9.17) is 10.5 Å². The summed E-state index contributed by atoms with van der Waals surface area (Å²) in [5, 5.41) is 10.3. The Kier molecular flexibility index (Phi) is 3.35. The first kappa shape index (κ1) is 12.3. The second-order valence-corrected chi connectivity index (χ2v) is 4.84. The van der Waals surface area contributed by atoms with Gasteiger partial charge in [-0.25, -0.2) is 4.39 Å². The third-order valence-electron chi connectivity index (χ3n) is 3.41. The third-order valence-corrected chi connectivity index (χ3v) is 3.41. The molecule has 1 aliphatic carbocycles. The maximum absolute atomic E-state index is 13.9. The SMILES string of the molecule is COc1cccc(CC2(O)CCC(N)C2)c1F. The number of nitrogens with two attached hydrogens (primary N) is 1. The smallest absolute Gasteiger partial charge is 0.168 e. The summed E-state index contributed by atoms with van der Waals surface area (Å²) in [6.07, 6.45) is 2.25. The number of methoxy groups -OCH3 is 1. The van der Waals surface area contributed by atoms with Crippen LogP contribution in [0.15, 0.2) is 18.2 Å². The molecule has 3 nitrogen and oxygen atoms in total. The second-order valence-electron chi connectivity index (χ2n) is 4.84. The van der Waals surface area contributed by atoms with Gasteiger partial charge in [-0.1, -0.05) is 12.1 Å². The molecule has 0 aliphatic heterocycles. The van der Waals surface area contributed by atoms with E-state index in [2.05, 4.69) is 0 Å². The van der Waals surface area contributed by atoms with Crippen LogP contribution in [0.25, 0.3) is 0 Å². The Labute approximate surface area is 100 Å². The summed E-state index contributed by atoms with van der Waals surface area (Å²) in [5.74, 6) is -0.169. The summed E-state index contributed by atoms with van der Waals surface area (Å²) in [6, 6.07) is 5.01. The number of aliphatic hydroxyl groups is 1. The van der Waals surface area contributed by atoms with E-state index in [0.717, 1.165) is 6.42 Å². The molecule has 0 bridgehead atoms. The molecular formula is C13H18FNO2. The molecule has 2 unspecified atom stereocenters. The number of halogens is 1. The van der Waals surface area contributed by atoms with Crippen LogP contribution in [0.4, 0.5) is 4.39 Å². The van der Waals surface area contributed by atoms with Crippen molar-refractivity contribution in [2.45, 2.75) is 37.3 Å². The topological polar surface area (TPSA) is 55.5 Å². The van der Waals surface area contributed by atoms with Crippen LogP contribution in [-0.2, 0) is 6.42 Å². The first-order valence-electron chi connectivity index (χ1n) is 5.83. The van der Waals surface area contributed by atoms with Gasteiger partial charge in [-0.05, 0) is 30.9 Å². The van der Waals surface area contributed by atoms with E-state index in [0.29, 0.717) is 24.8 Å². The fourth-order valence-electron chi connectivity index (χ4n) is 2.51. The standard InChI is InChI=1S/C13H18FNO2/c1-17-11-4-2-3-9(12(11)14)7-13(16)6-5-10(15)8-13/h2-4,10,16H,5-8,15H2,1H3. The molecule has 0 radical (unpaired) electrons. The van der Waals surface area contributed by atoms with Crippen molar-refractivity contribution in [1.29, 1.82) is 0 Å². The van der Waals surface area contributed by atoms with Gasteiger partial charge in [0, 0.05) is 12.5 Å². The average Bonchev–Trinajstić information content (AvgIpc) is 2.62. The van der Waals surface area contributed by atoms with Crippen LogP contribution in [0.2, 0.25) is 0 Å². The minimum atomic E-state index is -0.868. The fraction of sp³-hybridized carbons (Fsp3) is 0.538. The lowest BCUT2D eigenvalue weighted by Crippen LogP contribution is -2.30. The molecule has 94 valence electrons. The molecule has 17 heavy (non-hydrogen) atoms. The van der Waals surface area contributed by atoms with E-state index in [1.165, 1.54) is 7.11 Å². The summed E-state index contributed by atoms with van der Waals surface area (Å²) in [4.78, 5) is 0. The zero-order valence-electron chi connectivity index (χ0n) is 9.95. The Bertz CT molecular complexity index is 410. The molecular weight excluding hydrogens is 221 g/mol. The molecule has 0 aromatic heterocycles. The molecule has 4 heteroatoms. The van der Waals surface area contributed by atoms with E-state index in [1.807, 2.05) is 0 Å². The highest BCUT2D eigenvalue weighted by Gasteiger charge is 2.36. The third kappa shape index (κ3) is 2.58. The summed E-state index contributed by atoms with van der Waals surface area (Å²) in [6.45, 7) is 0. The molecule has 2 rings (SSSR count). The Hall–Kier alpha value is -1.13. The van der Waals surface area contributed by atoms with Crippen LogP contribution in [0.3, 0.4) is 0 Å². The Balaban J connectivity index is 2.19. The highest BCUT2D eigenvalue weighted by molar-refractivity contribution is 5.32. The van der Waals surface area contributed by atoms with Gasteiger partial charge in [-0.15, -0.1) is 0 Å². The highest BCUT2D eigenvalue weighted by atomic mass is 19.1. The van der Waals surface area contributed by atoms with Gasteiger partial charge in [0.1, 0.15) is 0 Å². The number of hydrogen-bond donors (Lipinski definition) is 2. The normalized spacial score (nSPS) is 28.4. The number of benzene rings is 1. The lowest BCUT2D eigenvalue weighted by atomic mass is 9.92. The van der Waals surface area contributed by atoms with E-state index >= 15 is 0 Å². The van der Waals surface area contributed by atoms with Crippen LogP contribution >= 0.6 is 0 Å². The van der Waals surface area contributed by atoms with E-state index in [-0.39, 0.29) is 17.6 Å². The molecule has 0 spiro atoms. The van der Waals surface area contributed by atoms with Crippen molar-refractivity contribution >= 4 is 0 Å². The Morgan fingerprint density at radius 3 is 2.94 bits per heavy atom. The molecule has 3 N–H and O–H groups in total. The molecule has 0 heterocycles. The molecule has 1 aliphatic rings. The molecule has 1 aromatic carbocycles. The van der Waals surface area contributed by atoms with Crippen molar-refractivity contribution in [2.75, 3.05) is 7.11 Å². The van der Waals surface area contributed by atoms with Crippen molar-refractivity contribution in [2.24, 2.45) is 5.73 Å². The van der Waals surface area contributed by atoms with Gasteiger partial charge in [0.15, 0.2) is 11.6 Å². The van der Waals surface area contributed by atoms with Crippen LogP contribution < -0.4 is 10.5 Å². The van der Waals surface area contributed by atoms with Crippen LogP contribution in [0, 0.1) is 5.82 Å². The van der Waals surface area contributed by atoms with Crippen molar-refractivity contribution in [1.82, 2.24) is 0 Å². The van der Waals surface area contributed by atoms with Crippen LogP contribution in [-0.4, -0.2) is 23.9 Å². The van der Waals surface area contributed by atoms with Crippen LogP contribution in [0.1, 0.15) is 24.8 Å². The van der Waals surface area contributed by atoms with Gasteiger partial charge in [0.05, 0.1) is 12.7 Å². The van der Waals surface area contributed by atoms with Crippen molar-refractivity contribution in [3.05, 3.63) is 29.6 Å². The highest BCUT2D eigenvalue weighted by Crippen LogP contribution is 2.33. The Morgan fingerprint density at radius 2 is 2.35 bits per heavy atom. The predicted octanol–water partition coefficient (Wildman–Crippen LogP) is 1.62. The van der Waals surface area contributed by atoms with Crippen molar-refractivity contribution in [3.8, 4) is 5.75 Å². The van der Waals surface area contributed by atoms with Crippen molar-refractivity contribution < 1.29 is 14.2 Å². The summed E-state index contributed by atoms with van der Waals surface area (Å²) in [5.41, 5.74) is 5.40. The fourth-order valence-corrected chi connectivity index (χ4v) is 2.51. The maximum atomic E-state index is 13.9. The zero-order valence-corrected chi connectivity index (χ0v) is 9.95. The molecule has 2 atom stereocenters. The molecule has 0 amide bonds. The minimum absolute atomic E-state index is 0.0219. The lowest BCUT2D eigenvalue weighted by molar-refractivity contribution is 0.0459. The van der Waals surface area contributed by atoms with Gasteiger partial charge >= 0.3 is 0 Å². The summed E-state index contributed by atoms with van der Waals surface area (Å²) < 4.78 is 18.8. The van der Waals surface area contributed by atoms with Gasteiger partial charge in [0.2, 0.25) is 0 Å². The number of rotatable bonds is 3. The maximum Gasteiger partial charge on any atom is 0.168 e. The predicted molar refractivity (Wildman–Crippen MR) is 63.4 cm³/mol. The molecule has 0 saturated heterocycles. The number of ether oxygens (including phenoxy) is 1. The summed E-state index contributed by atoms with van der Waals surface area (Å²) in [7, 11) is 1.43. The molecule has 1 fully saturated rings. The molecule has 1 aromatic rings. The minimum Gasteiger partial charge on any atom is -0.494 e. The summed E-state index contributed by atoms with van der Waals surface area (Å²) >= 11 is 0. The Morgan fingerprint density at radius 1 is 1.59 bits per heavy atom. The number of hydrogen-bond acceptors (Lipinski definition) is 3. The lowest BCUT2D eigenvalue weighted by Gasteiger charge is -2.23. The van der Waals surface area contributed by atoms with Gasteiger partial charge in [-0.2, -0.15) is 0 Å². The zero-order chi connectivity index (χ0) is 12.5. The van der Waals surface area contributed by atoms with Gasteiger partial charge in [0.25, 0.3) is 0 Å². The quantitative estimate of drug-likeness (QED) is 0.842. The molecule has 1 saturated carbocycles. The van der Waals surface area contributed by atoms with Gasteiger partial charge < -0.3 is 15.6 Å². The second kappa shape index (κ2) is 4.63. The monoisotopic (exact) mass is 239 g/mol. The van der Waals surface area contributed by atoms with E-state index in [1.54, 1.807) is 18.2 Å². The first-order valence-corrected chi connectivity index (χ1v) is 5.83. The van der Waals surface area contributed by atoms with E-state index in [9.17, 15) is 9.50 Å². The largest absolute Gasteiger partial charge is 0.494 e.